The summed E-state index contributed by atoms with van der Waals surface area (Å²) in [5.41, 5.74) is 9.51. The molecule has 1 atom stereocenters. The molecule has 2 aromatic rings. The molecule has 0 spiro atoms. The molecule has 2 aromatic carbocycles. The van der Waals surface area contributed by atoms with Crippen molar-refractivity contribution in [2.45, 2.75) is 19.9 Å². The predicted octanol–water partition coefficient (Wildman–Crippen LogP) is 3.70. The van der Waals surface area contributed by atoms with Crippen molar-refractivity contribution in [2.24, 2.45) is 5.73 Å². The van der Waals surface area contributed by atoms with Gasteiger partial charge in [0.05, 0.1) is 0 Å². The van der Waals surface area contributed by atoms with Gasteiger partial charge in [0, 0.05) is 10.2 Å². The number of nitrogens with one attached hydrogen (secondary N) is 1. The number of carbonyl (C=O) groups excluding carboxylic acids is 1. The van der Waals surface area contributed by atoms with Crippen molar-refractivity contribution < 1.29 is 4.79 Å². The Morgan fingerprint density at radius 3 is 2.15 bits per heavy atom. The van der Waals surface area contributed by atoms with Crippen LogP contribution in [0.5, 0.6) is 0 Å². The molecule has 0 saturated heterocycles. The van der Waals surface area contributed by atoms with Crippen LogP contribution in [-0.2, 0) is 4.79 Å². The number of nitrogens with two attached hydrogens (primary N) is 1. The number of hydrogen-bond acceptors (Lipinski definition) is 2. The van der Waals surface area contributed by atoms with Crippen molar-refractivity contribution >= 4 is 27.5 Å². The summed E-state index contributed by atoms with van der Waals surface area (Å²) in [5, 5.41) is 3.18. The third-order valence-electron chi connectivity index (χ3n) is 3.02. The van der Waals surface area contributed by atoms with Gasteiger partial charge in [0.15, 0.2) is 0 Å². The maximum Gasteiger partial charge on any atom is 0.244 e. The summed E-state index contributed by atoms with van der Waals surface area (Å²) in [6, 6.07) is 13.1. The van der Waals surface area contributed by atoms with Gasteiger partial charge in [-0.1, -0.05) is 45.3 Å². The second-order valence-corrected chi connectivity index (χ2v) is 5.82. The van der Waals surface area contributed by atoms with Gasteiger partial charge in [-0.2, -0.15) is 0 Å². The molecule has 4 heteroatoms. The van der Waals surface area contributed by atoms with E-state index in [1.807, 2.05) is 50.2 Å². The zero-order valence-electron chi connectivity index (χ0n) is 11.5. The van der Waals surface area contributed by atoms with Crippen LogP contribution < -0.4 is 11.1 Å². The Hall–Kier alpha value is -1.81. The summed E-state index contributed by atoms with van der Waals surface area (Å²) in [6.45, 7) is 4.02. The molecule has 0 aliphatic rings. The number of carbonyl (C=O) groups is 1. The molecule has 0 saturated carbocycles. The first kappa shape index (κ1) is 14.6. The summed E-state index contributed by atoms with van der Waals surface area (Å²) in [6.07, 6.45) is 0. The molecule has 0 fully saturated rings. The van der Waals surface area contributed by atoms with Crippen molar-refractivity contribution in [3.8, 4) is 0 Å². The van der Waals surface area contributed by atoms with E-state index in [0.717, 1.165) is 26.9 Å². The maximum atomic E-state index is 11.7. The molecule has 3 N–H and O–H groups in total. The van der Waals surface area contributed by atoms with Gasteiger partial charge in [0.2, 0.25) is 5.91 Å². The van der Waals surface area contributed by atoms with Crippen LogP contribution in [0, 0.1) is 13.8 Å². The normalized spacial score (nSPS) is 11.9. The zero-order valence-corrected chi connectivity index (χ0v) is 13.1. The van der Waals surface area contributed by atoms with Gasteiger partial charge < -0.3 is 11.1 Å². The van der Waals surface area contributed by atoms with E-state index in [2.05, 4.69) is 27.3 Å². The number of rotatable bonds is 4. The van der Waals surface area contributed by atoms with E-state index in [9.17, 15) is 4.79 Å². The van der Waals surface area contributed by atoms with Gasteiger partial charge in [0.25, 0.3) is 0 Å². The Balaban J connectivity index is 2.31. The van der Waals surface area contributed by atoms with Crippen molar-refractivity contribution in [2.75, 3.05) is 5.32 Å². The maximum absolute atomic E-state index is 11.7. The lowest BCUT2D eigenvalue weighted by molar-refractivity contribution is -0.118. The average Bonchev–Trinajstić information content (AvgIpc) is 2.36. The van der Waals surface area contributed by atoms with Gasteiger partial charge in [-0.3, -0.25) is 4.79 Å². The molecule has 0 heterocycles. The largest absolute Gasteiger partial charge is 0.370 e. The van der Waals surface area contributed by atoms with E-state index in [-0.39, 0.29) is 0 Å². The lowest BCUT2D eigenvalue weighted by atomic mass is 10.0. The minimum absolute atomic E-state index is 0.391. The SMILES string of the molecule is Cc1cc(C)cc(C(Nc2ccc(Br)cc2)C(N)=O)c1. The van der Waals surface area contributed by atoms with Crippen LogP contribution in [0.4, 0.5) is 5.69 Å². The van der Waals surface area contributed by atoms with Crippen LogP contribution in [0.3, 0.4) is 0 Å². The molecule has 2 rings (SSSR count). The van der Waals surface area contributed by atoms with Gasteiger partial charge in [-0.25, -0.2) is 0 Å². The predicted molar refractivity (Wildman–Crippen MR) is 85.6 cm³/mol. The lowest BCUT2D eigenvalue weighted by Gasteiger charge is -2.18. The summed E-state index contributed by atoms with van der Waals surface area (Å²) >= 11 is 3.39. The number of primary amides is 1. The summed E-state index contributed by atoms with van der Waals surface area (Å²) in [7, 11) is 0. The molecule has 3 nitrogen and oxygen atoms in total. The van der Waals surface area contributed by atoms with Gasteiger partial charge in [-0.05, 0) is 43.7 Å². The van der Waals surface area contributed by atoms with Crippen LogP contribution in [0.25, 0.3) is 0 Å². The molecular formula is C16H17BrN2O. The molecule has 20 heavy (non-hydrogen) atoms. The Bertz CT molecular complexity index is 603. The molecule has 104 valence electrons. The highest BCUT2D eigenvalue weighted by atomic mass is 79.9. The van der Waals surface area contributed by atoms with Crippen molar-refractivity contribution in [3.63, 3.8) is 0 Å². The molecule has 1 amide bonds. The molecule has 1 unspecified atom stereocenters. The van der Waals surface area contributed by atoms with E-state index >= 15 is 0 Å². The van der Waals surface area contributed by atoms with Crippen LogP contribution in [0.1, 0.15) is 22.7 Å². The van der Waals surface area contributed by atoms with E-state index < -0.39 is 11.9 Å². The van der Waals surface area contributed by atoms with E-state index in [1.54, 1.807) is 0 Å². The summed E-state index contributed by atoms with van der Waals surface area (Å²) in [5.74, 6) is -0.391. The number of aryl methyl sites for hydroxylation is 2. The number of amides is 1. The van der Waals surface area contributed by atoms with Gasteiger partial charge in [-0.15, -0.1) is 0 Å². The van der Waals surface area contributed by atoms with Crippen molar-refractivity contribution in [3.05, 3.63) is 63.6 Å². The zero-order chi connectivity index (χ0) is 14.7. The Kier molecular flexibility index (Phi) is 4.45. The third-order valence-corrected chi connectivity index (χ3v) is 3.55. The van der Waals surface area contributed by atoms with Gasteiger partial charge >= 0.3 is 0 Å². The molecule has 0 bridgehead atoms. The highest BCUT2D eigenvalue weighted by Crippen LogP contribution is 2.23. The van der Waals surface area contributed by atoms with Crippen LogP contribution in [-0.4, -0.2) is 5.91 Å². The molecule has 0 aromatic heterocycles. The number of halogens is 1. The first-order valence-electron chi connectivity index (χ1n) is 6.35. The van der Waals surface area contributed by atoms with E-state index in [1.165, 1.54) is 0 Å². The molecule has 0 radical (unpaired) electrons. The highest BCUT2D eigenvalue weighted by Gasteiger charge is 2.18. The lowest BCUT2D eigenvalue weighted by Crippen LogP contribution is -2.27. The fourth-order valence-electron chi connectivity index (χ4n) is 2.21. The van der Waals surface area contributed by atoms with Crippen LogP contribution >= 0.6 is 15.9 Å². The first-order valence-corrected chi connectivity index (χ1v) is 7.14. The molecular weight excluding hydrogens is 316 g/mol. The Morgan fingerprint density at radius 2 is 1.65 bits per heavy atom. The van der Waals surface area contributed by atoms with Crippen LogP contribution in [0.15, 0.2) is 46.9 Å². The minimum Gasteiger partial charge on any atom is -0.370 e. The fourth-order valence-corrected chi connectivity index (χ4v) is 2.47. The monoisotopic (exact) mass is 332 g/mol. The third kappa shape index (κ3) is 3.61. The first-order chi connectivity index (χ1) is 9.45. The number of benzene rings is 2. The molecule has 0 aliphatic heterocycles. The fraction of sp³-hybridized carbons (Fsp3) is 0.188. The van der Waals surface area contributed by atoms with Gasteiger partial charge in [0.1, 0.15) is 6.04 Å². The second kappa shape index (κ2) is 6.09. The summed E-state index contributed by atoms with van der Waals surface area (Å²) < 4.78 is 0.991. The Labute approximate surface area is 127 Å². The molecule has 0 aliphatic carbocycles. The summed E-state index contributed by atoms with van der Waals surface area (Å²) in [4.78, 5) is 11.7. The number of anilines is 1. The topological polar surface area (TPSA) is 55.1 Å². The quantitative estimate of drug-likeness (QED) is 0.896. The highest BCUT2D eigenvalue weighted by molar-refractivity contribution is 9.10. The van der Waals surface area contributed by atoms with Crippen LogP contribution in [0.2, 0.25) is 0 Å². The number of hydrogen-bond donors (Lipinski definition) is 2. The van der Waals surface area contributed by atoms with E-state index in [4.69, 9.17) is 5.73 Å². The van der Waals surface area contributed by atoms with Crippen molar-refractivity contribution in [1.82, 2.24) is 0 Å². The minimum atomic E-state index is -0.533. The van der Waals surface area contributed by atoms with E-state index in [0.29, 0.717) is 0 Å². The second-order valence-electron chi connectivity index (χ2n) is 4.91. The standard InChI is InChI=1S/C16H17BrN2O/c1-10-7-11(2)9-12(8-10)15(16(18)20)19-14-5-3-13(17)4-6-14/h3-9,15,19H,1-2H3,(H2,18,20). The van der Waals surface area contributed by atoms with Crippen molar-refractivity contribution in [1.29, 1.82) is 0 Å². The smallest absolute Gasteiger partial charge is 0.244 e. The average molecular weight is 333 g/mol. The Morgan fingerprint density at radius 1 is 1.10 bits per heavy atom.